The normalized spacial score (nSPS) is 14.8. The summed E-state index contributed by atoms with van der Waals surface area (Å²) >= 11 is 0. The Labute approximate surface area is 145 Å². The predicted molar refractivity (Wildman–Crippen MR) is 94.1 cm³/mol. The van der Waals surface area contributed by atoms with Crippen LogP contribution in [0.25, 0.3) is 6.08 Å². The fourth-order valence-corrected chi connectivity index (χ4v) is 2.60. The van der Waals surface area contributed by atoms with Crippen molar-refractivity contribution in [2.24, 2.45) is 4.99 Å². The smallest absolute Gasteiger partial charge is 0.363 e. The van der Waals surface area contributed by atoms with Gasteiger partial charge in [0.05, 0.1) is 0 Å². The zero-order chi connectivity index (χ0) is 17.8. The Kier molecular flexibility index (Phi) is 4.62. The maximum atomic E-state index is 12.1. The number of nitriles is 1. The molecule has 0 unspecified atom stereocenters. The van der Waals surface area contributed by atoms with Crippen LogP contribution < -0.4 is 4.74 Å². The van der Waals surface area contributed by atoms with Gasteiger partial charge in [0.1, 0.15) is 11.8 Å². The number of rotatable bonds is 4. The van der Waals surface area contributed by atoms with Crippen LogP contribution in [-0.4, -0.2) is 18.5 Å². The highest BCUT2D eigenvalue weighted by Gasteiger charge is 2.24. The summed E-state index contributed by atoms with van der Waals surface area (Å²) in [6, 6.07) is 14.9. The Bertz CT molecular complexity index is 916. The van der Waals surface area contributed by atoms with Crippen molar-refractivity contribution in [1.29, 1.82) is 5.26 Å². The van der Waals surface area contributed by atoms with E-state index in [0.29, 0.717) is 11.6 Å². The van der Waals surface area contributed by atoms with Crippen molar-refractivity contribution >= 4 is 17.9 Å². The highest BCUT2D eigenvalue weighted by atomic mass is 16.6. The van der Waals surface area contributed by atoms with Crippen molar-refractivity contribution in [3.8, 4) is 11.8 Å². The molecule has 0 amide bonds. The van der Waals surface area contributed by atoms with Crippen LogP contribution in [0.1, 0.15) is 22.3 Å². The minimum Gasteiger partial charge on any atom is -0.479 e. The highest BCUT2D eigenvalue weighted by molar-refractivity contribution is 6.13. The maximum absolute atomic E-state index is 12.1. The molecule has 1 heterocycles. The molecular formula is C20H16N2O3. The average molecular weight is 332 g/mol. The number of carbonyl (C=O) groups is 1. The number of benzene rings is 2. The largest absolute Gasteiger partial charge is 0.479 e. The summed E-state index contributed by atoms with van der Waals surface area (Å²) < 4.78 is 10.6. The Balaban J connectivity index is 1.89. The number of hydrogen-bond acceptors (Lipinski definition) is 5. The summed E-state index contributed by atoms with van der Waals surface area (Å²) in [4.78, 5) is 16.4. The number of nitrogens with zero attached hydrogens (tertiary/aromatic N) is 2. The van der Waals surface area contributed by atoms with Gasteiger partial charge in [-0.05, 0) is 49.8 Å². The molecule has 1 aliphatic heterocycles. The first-order valence-electron chi connectivity index (χ1n) is 7.76. The summed E-state index contributed by atoms with van der Waals surface area (Å²) in [6.07, 6.45) is 1.64. The van der Waals surface area contributed by atoms with E-state index < -0.39 is 5.97 Å². The number of aliphatic imine (C=N–C) groups is 1. The molecule has 124 valence electrons. The summed E-state index contributed by atoms with van der Waals surface area (Å²) in [5.41, 5.74) is 3.90. The lowest BCUT2D eigenvalue weighted by atomic mass is 10.1. The molecule has 0 aromatic heterocycles. The lowest BCUT2D eigenvalue weighted by Gasteiger charge is -2.03. The first-order valence-corrected chi connectivity index (χ1v) is 7.76. The molecule has 0 fully saturated rings. The van der Waals surface area contributed by atoms with Crippen molar-refractivity contribution in [1.82, 2.24) is 0 Å². The van der Waals surface area contributed by atoms with Crippen LogP contribution in [0.15, 0.2) is 53.2 Å². The molecular weight excluding hydrogens is 316 g/mol. The van der Waals surface area contributed by atoms with Crippen LogP contribution in [0, 0.1) is 25.2 Å². The van der Waals surface area contributed by atoms with Crippen LogP contribution >= 0.6 is 0 Å². The van der Waals surface area contributed by atoms with Gasteiger partial charge in [-0.25, -0.2) is 9.79 Å². The molecule has 0 spiro atoms. The molecule has 0 N–H and O–H groups in total. The third-order valence-corrected chi connectivity index (χ3v) is 3.55. The third-order valence-electron chi connectivity index (χ3n) is 3.55. The molecule has 0 bridgehead atoms. The summed E-state index contributed by atoms with van der Waals surface area (Å²) in [5.74, 6) is 0.373. The van der Waals surface area contributed by atoms with Gasteiger partial charge in [0.15, 0.2) is 12.3 Å². The third kappa shape index (κ3) is 3.93. The van der Waals surface area contributed by atoms with Gasteiger partial charge in [-0.2, -0.15) is 5.26 Å². The van der Waals surface area contributed by atoms with Crippen molar-refractivity contribution in [3.05, 3.63) is 70.4 Å². The Morgan fingerprint density at radius 3 is 2.68 bits per heavy atom. The number of cyclic esters (lactones) is 1. The lowest BCUT2D eigenvalue weighted by Crippen LogP contribution is -2.05. The van der Waals surface area contributed by atoms with Crippen LogP contribution in [0.2, 0.25) is 0 Å². The summed E-state index contributed by atoms with van der Waals surface area (Å²) in [7, 11) is 0. The van der Waals surface area contributed by atoms with Crippen molar-refractivity contribution < 1.29 is 14.3 Å². The fraction of sp³-hybridized carbons (Fsp3) is 0.150. The van der Waals surface area contributed by atoms with Gasteiger partial charge in [-0.1, -0.05) is 29.3 Å². The number of ether oxygens (including phenoxy) is 2. The van der Waals surface area contributed by atoms with Crippen molar-refractivity contribution in [2.75, 3.05) is 6.61 Å². The first kappa shape index (κ1) is 16.5. The quantitative estimate of drug-likeness (QED) is 0.634. The summed E-state index contributed by atoms with van der Waals surface area (Å²) in [5, 5.41) is 8.57. The molecule has 0 saturated carbocycles. The van der Waals surface area contributed by atoms with E-state index in [1.165, 1.54) is 0 Å². The Morgan fingerprint density at radius 1 is 1.20 bits per heavy atom. The lowest BCUT2D eigenvalue weighted by molar-refractivity contribution is -0.129. The van der Waals surface area contributed by atoms with Gasteiger partial charge in [0.2, 0.25) is 5.90 Å². The predicted octanol–water partition coefficient (Wildman–Crippen LogP) is 3.55. The monoisotopic (exact) mass is 332 g/mol. The van der Waals surface area contributed by atoms with E-state index >= 15 is 0 Å². The molecule has 5 heteroatoms. The SMILES string of the molecule is Cc1cc(C)cc(C2=NC(=Cc3cccc(OCC#N)c3)C(=O)O2)c1. The molecule has 5 nitrogen and oxygen atoms in total. The van der Waals surface area contributed by atoms with E-state index in [-0.39, 0.29) is 12.3 Å². The zero-order valence-electron chi connectivity index (χ0n) is 13.9. The van der Waals surface area contributed by atoms with Gasteiger partial charge in [0, 0.05) is 5.56 Å². The second kappa shape index (κ2) is 7.02. The Hall–Kier alpha value is -3.39. The van der Waals surface area contributed by atoms with Crippen LogP contribution in [0.4, 0.5) is 0 Å². The maximum Gasteiger partial charge on any atom is 0.363 e. The Morgan fingerprint density at radius 2 is 1.96 bits per heavy atom. The standard InChI is InChI=1S/C20H16N2O3/c1-13-8-14(2)10-16(9-13)19-22-18(20(23)25-19)12-15-4-3-5-17(11-15)24-7-6-21/h3-5,8-12H,7H2,1-2H3. The van der Waals surface area contributed by atoms with E-state index in [2.05, 4.69) is 4.99 Å². The van der Waals surface area contributed by atoms with E-state index in [9.17, 15) is 4.79 Å². The summed E-state index contributed by atoms with van der Waals surface area (Å²) in [6.45, 7) is 3.94. The van der Waals surface area contributed by atoms with Crippen molar-refractivity contribution in [2.45, 2.75) is 13.8 Å². The van der Waals surface area contributed by atoms with Gasteiger partial charge >= 0.3 is 5.97 Å². The van der Waals surface area contributed by atoms with Gasteiger partial charge in [-0.3, -0.25) is 0 Å². The topological polar surface area (TPSA) is 71.7 Å². The fourth-order valence-electron chi connectivity index (χ4n) is 2.60. The van der Waals surface area contributed by atoms with E-state index in [0.717, 1.165) is 22.3 Å². The molecule has 3 rings (SSSR count). The molecule has 0 saturated heterocycles. The minimum atomic E-state index is -0.488. The highest BCUT2D eigenvalue weighted by Crippen LogP contribution is 2.22. The van der Waals surface area contributed by atoms with Gasteiger partial charge < -0.3 is 9.47 Å². The van der Waals surface area contributed by atoms with Gasteiger partial charge in [0.25, 0.3) is 0 Å². The number of hydrogen-bond donors (Lipinski definition) is 0. The van der Waals surface area contributed by atoms with Crippen molar-refractivity contribution in [3.63, 3.8) is 0 Å². The molecule has 0 radical (unpaired) electrons. The van der Waals surface area contributed by atoms with E-state index in [1.807, 2.05) is 44.2 Å². The second-order valence-electron chi connectivity index (χ2n) is 5.73. The molecule has 1 aliphatic rings. The second-order valence-corrected chi connectivity index (χ2v) is 5.73. The van der Waals surface area contributed by atoms with E-state index in [4.69, 9.17) is 14.7 Å². The molecule has 25 heavy (non-hydrogen) atoms. The zero-order valence-corrected chi connectivity index (χ0v) is 13.9. The van der Waals surface area contributed by atoms with Crippen LogP contribution in [0.5, 0.6) is 5.75 Å². The van der Waals surface area contributed by atoms with Crippen LogP contribution in [-0.2, 0) is 9.53 Å². The average Bonchev–Trinajstić information content (AvgIpc) is 2.93. The van der Waals surface area contributed by atoms with Gasteiger partial charge in [-0.15, -0.1) is 0 Å². The number of esters is 1. The number of carbonyl (C=O) groups excluding carboxylic acids is 1. The van der Waals surface area contributed by atoms with E-state index in [1.54, 1.807) is 24.3 Å². The number of aryl methyl sites for hydroxylation is 2. The molecule has 2 aromatic carbocycles. The minimum absolute atomic E-state index is 0.0307. The van der Waals surface area contributed by atoms with Crippen LogP contribution in [0.3, 0.4) is 0 Å². The molecule has 2 aromatic rings. The molecule has 0 aliphatic carbocycles. The first-order chi connectivity index (χ1) is 12.0. The molecule has 0 atom stereocenters.